The monoisotopic (exact) mass is 415 g/mol. The van der Waals surface area contributed by atoms with Crippen LogP contribution in [0.2, 0.25) is 19.6 Å². The summed E-state index contributed by atoms with van der Waals surface area (Å²) in [4.78, 5) is 1.49. The molecule has 1 aliphatic rings. The molecule has 0 amide bonds. The van der Waals surface area contributed by atoms with Gasteiger partial charge in [0.2, 0.25) is 10.0 Å². The second-order valence-corrected chi connectivity index (χ2v) is 15.3. The van der Waals surface area contributed by atoms with Crippen molar-refractivity contribution in [3.05, 3.63) is 59.7 Å². The number of hydrogen-bond donors (Lipinski definition) is 0. The molecule has 3 rings (SSSR count). The molecule has 1 heterocycles. The average molecular weight is 416 g/mol. The van der Waals surface area contributed by atoms with Crippen LogP contribution in [-0.4, -0.2) is 33.1 Å². The Labute approximate surface area is 168 Å². The van der Waals surface area contributed by atoms with Crippen LogP contribution in [0, 0.1) is 18.4 Å². The highest BCUT2D eigenvalue weighted by Gasteiger charge is 2.55. The SMILES string of the molecule is CSc1ccc([C@@H]2[C@H](C#C[Si](C)(C)C)N2S(=O)(=O)c2ccc(C)cc2)cc1. The number of benzene rings is 2. The van der Waals surface area contributed by atoms with Gasteiger partial charge >= 0.3 is 0 Å². The topological polar surface area (TPSA) is 37.1 Å². The van der Waals surface area contributed by atoms with Crippen molar-refractivity contribution in [2.75, 3.05) is 6.26 Å². The Morgan fingerprint density at radius 3 is 2.11 bits per heavy atom. The summed E-state index contributed by atoms with van der Waals surface area (Å²) in [5.41, 5.74) is 5.39. The molecular formula is C21H25NO2S2Si. The van der Waals surface area contributed by atoms with Crippen LogP contribution in [0.5, 0.6) is 0 Å². The normalized spacial score (nSPS) is 22.0. The molecule has 1 unspecified atom stereocenters. The van der Waals surface area contributed by atoms with Gasteiger partial charge in [0.05, 0.1) is 10.9 Å². The summed E-state index contributed by atoms with van der Waals surface area (Å²) in [6, 6.07) is 14.6. The third-order valence-electron chi connectivity index (χ3n) is 4.41. The summed E-state index contributed by atoms with van der Waals surface area (Å²) in [7, 11) is -5.16. The van der Waals surface area contributed by atoms with Crippen molar-refractivity contribution in [2.45, 2.75) is 48.4 Å². The maximum absolute atomic E-state index is 13.2. The minimum absolute atomic E-state index is 0.212. The van der Waals surface area contributed by atoms with E-state index in [0.29, 0.717) is 4.90 Å². The molecule has 0 saturated carbocycles. The summed E-state index contributed by atoms with van der Waals surface area (Å²) in [5.74, 6) is 3.26. The summed E-state index contributed by atoms with van der Waals surface area (Å²) in [6.07, 6.45) is 2.03. The first-order valence-electron chi connectivity index (χ1n) is 8.90. The molecule has 0 spiro atoms. The first-order chi connectivity index (χ1) is 12.6. The number of nitrogens with zero attached hydrogens (tertiary/aromatic N) is 1. The smallest absolute Gasteiger partial charge is 0.207 e. The Bertz CT molecular complexity index is 982. The van der Waals surface area contributed by atoms with Gasteiger partial charge in [-0.05, 0) is 43.0 Å². The van der Waals surface area contributed by atoms with E-state index >= 15 is 0 Å². The summed E-state index contributed by atoms with van der Waals surface area (Å²) >= 11 is 1.67. The maximum Gasteiger partial charge on any atom is 0.244 e. The molecule has 0 aliphatic carbocycles. The molecule has 142 valence electrons. The highest BCUT2D eigenvalue weighted by molar-refractivity contribution is 7.98. The fourth-order valence-electron chi connectivity index (χ4n) is 2.91. The van der Waals surface area contributed by atoms with Gasteiger partial charge in [0, 0.05) is 4.90 Å². The van der Waals surface area contributed by atoms with E-state index in [4.69, 9.17) is 0 Å². The van der Waals surface area contributed by atoms with Crippen molar-refractivity contribution in [1.29, 1.82) is 0 Å². The van der Waals surface area contributed by atoms with E-state index in [-0.39, 0.29) is 12.1 Å². The molecule has 0 bridgehead atoms. The molecule has 27 heavy (non-hydrogen) atoms. The van der Waals surface area contributed by atoms with Crippen LogP contribution in [0.25, 0.3) is 0 Å². The molecule has 1 aliphatic heterocycles. The number of rotatable bonds is 4. The van der Waals surface area contributed by atoms with Crippen LogP contribution in [0.3, 0.4) is 0 Å². The Morgan fingerprint density at radius 2 is 1.59 bits per heavy atom. The van der Waals surface area contributed by atoms with Crippen LogP contribution < -0.4 is 0 Å². The van der Waals surface area contributed by atoms with Crippen molar-refractivity contribution in [1.82, 2.24) is 4.31 Å². The van der Waals surface area contributed by atoms with Crippen molar-refractivity contribution in [3.63, 3.8) is 0 Å². The number of aryl methyl sites for hydroxylation is 1. The first kappa shape index (κ1) is 20.2. The van der Waals surface area contributed by atoms with E-state index in [2.05, 4.69) is 31.1 Å². The lowest BCUT2D eigenvalue weighted by molar-refractivity contribution is 0.551. The Kier molecular flexibility index (Phi) is 5.60. The van der Waals surface area contributed by atoms with Crippen LogP contribution in [0.4, 0.5) is 0 Å². The Balaban J connectivity index is 1.98. The number of thioether (sulfide) groups is 1. The largest absolute Gasteiger partial charge is 0.244 e. The third kappa shape index (κ3) is 4.49. The highest BCUT2D eigenvalue weighted by Crippen LogP contribution is 2.47. The second kappa shape index (κ2) is 7.48. The summed E-state index contributed by atoms with van der Waals surface area (Å²) in [6.45, 7) is 8.46. The van der Waals surface area contributed by atoms with Gasteiger partial charge in [0.25, 0.3) is 0 Å². The van der Waals surface area contributed by atoms with Crippen molar-refractivity contribution < 1.29 is 8.42 Å². The van der Waals surface area contributed by atoms with Crippen LogP contribution in [0.1, 0.15) is 17.2 Å². The third-order valence-corrected chi connectivity index (χ3v) is 7.92. The molecule has 3 atom stereocenters. The zero-order valence-electron chi connectivity index (χ0n) is 16.4. The molecular weight excluding hydrogens is 390 g/mol. The minimum atomic E-state index is -3.57. The molecule has 0 aromatic heterocycles. The Hall–Kier alpha value is -1.52. The van der Waals surface area contributed by atoms with Crippen molar-refractivity contribution in [2.24, 2.45) is 0 Å². The van der Waals surface area contributed by atoms with Gasteiger partial charge in [0.15, 0.2) is 0 Å². The van der Waals surface area contributed by atoms with Gasteiger partial charge in [0.1, 0.15) is 14.1 Å². The van der Waals surface area contributed by atoms with Gasteiger partial charge in [-0.25, -0.2) is 8.42 Å². The molecule has 1 saturated heterocycles. The van der Waals surface area contributed by atoms with Crippen LogP contribution in [-0.2, 0) is 10.0 Å². The van der Waals surface area contributed by atoms with Crippen molar-refractivity contribution in [3.8, 4) is 11.5 Å². The van der Waals surface area contributed by atoms with Gasteiger partial charge in [-0.3, -0.25) is 0 Å². The lowest BCUT2D eigenvalue weighted by Crippen LogP contribution is -2.18. The number of hydrogen-bond acceptors (Lipinski definition) is 3. The molecule has 2 aromatic carbocycles. The molecule has 1 fully saturated rings. The van der Waals surface area contributed by atoms with E-state index < -0.39 is 18.1 Å². The maximum atomic E-state index is 13.2. The zero-order chi connectivity index (χ0) is 19.8. The predicted octanol–water partition coefficient (Wildman–Crippen LogP) is 4.71. The Morgan fingerprint density at radius 1 is 1.00 bits per heavy atom. The standard InChI is InChI=1S/C21H25NO2S2Si/c1-16-6-12-19(13-7-16)26(23,24)22-20(14-15-27(3,4)5)21(22)17-8-10-18(25-2)11-9-17/h6-13,20-21H,1-5H3/t20-,21+,22?/m0/s1. The fourth-order valence-corrected chi connectivity index (χ4v) is 5.57. The molecule has 6 heteroatoms. The first-order valence-corrected chi connectivity index (χ1v) is 15.1. The minimum Gasteiger partial charge on any atom is -0.207 e. The summed E-state index contributed by atoms with van der Waals surface area (Å²) in [5, 5.41) is 0. The van der Waals surface area contributed by atoms with E-state index in [0.717, 1.165) is 16.0 Å². The van der Waals surface area contributed by atoms with Gasteiger partial charge in [-0.15, -0.1) is 17.3 Å². The van der Waals surface area contributed by atoms with Gasteiger partial charge in [-0.1, -0.05) is 55.4 Å². The van der Waals surface area contributed by atoms with Crippen LogP contribution in [0.15, 0.2) is 58.3 Å². The summed E-state index contributed by atoms with van der Waals surface area (Å²) < 4.78 is 28.0. The van der Waals surface area contributed by atoms with Crippen molar-refractivity contribution >= 4 is 29.9 Å². The van der Waals surface area contributed by atoms with Gasteiger partial charge in [-0.2, -0.15) is 4.31 Å². The lowest BCUT2D eigenvalue weighted by atomic mass is 10.1. The fraction of sp³-hybridized carbons (Fsp3) is 0.333. The molecule has 0 radical (unpaired) electrons. The quantitative estimate of drug-likeness (QED) is 0.314. The van der Waals surface area contributed by atoms with Crippen LogP contribution >= 0.6 is 11.8 Å². The number of sulfonamides is 1. The average Bonchev–Trinajstić information content (AvgIpc) is 3.35. The van der Waals surface area contributed by atoms with E-state index in [1.807, 2.05) is 49.6 Å². The molecule has 3 nitrogen and oxygen atoms in total. The van der Waals surface area contributed by atoms with E-state index in [1.165, 1.54) is 0 Å². The predicted molar refractivity (Wildman–Crippen MR) is 116 cm³/mol. The van der Waals surface area contributed by atoms with E-state index in [1.54, 1.807) is 28.2 Å². The zero-order valence-corrected chi connectivity index (χ0v) is 19.0. The highest BCUT2D eigenvalue weighted by atomic mass is 32.2. The second-order valence-electron chi connectivity index (χ2n) is 7.83. The van der Waals surface area contributed by atoms with E-state index in [9.17, 15) is 8.42 Å². The van der Waals surface area contributed by atoms with Gasteiger partial charge < -0.3 is 0 Å². The lowest BCUT2D eigenvalue weighted by Gasteiger charge is -2.07. The molecule has 0 N–H and O–H groups in total. The molecule has 2 aromatic rings.